The third-order valence-electron chi connectivity index (χ3n) is 6.82. The molecule has 5 rings (SSSR count). The van der Waals surface area contributed by atoms with E-state index in [1.54, 1.807) is 0 Å². The Morgan fingerprint density at radius 2 is 1.97 bits per heavy atom. The molecule has 5 heteroatoms. The van der Waals surface area contributed by atoms with E-state index in [0.717, 1.165) is 56.3 Å². The molecule has 1 N–H and O–H groups in total. The molecule has 0 spiro atoms. The van der Waals surface area contributed by atoms with E-state index in [1.807, 2.05) is 6.20 Å². The maximum atomic E-state index is 13.7. The predicted octanol–water partition coefficient (Wildman–Crippen LogP) is 4.23. The van der Waals surface area contributed by atoms with Crippen LogP contribution in [-0.2, 0) is 25.8 Å². The topological polar surface area (TPSA) is 53.9 Å². The number of amides is 1. The lowest BCUT2D eigenvalue weighted by atomic mass is 9.92. The molecule has 30 heavy (non-hydrogen) atoms. The van der Waals surface area contributed by atoms with Crippen LogP contribution in [0.4, 0.5) is 0 Å². The van der Waals surface area contributed by atoms with E-state index < -0.39 is 0 Å². The van der Waals surface area contributed by atoms with Gasteiger partial charge >= 0.3 is 0 Å². The van der Waals surface area contributed by atoms with Gasteiger partial charge in [-0.25, -0.2) is 0 Å². The van der Waals surface area contributed by atoms with Gasteiger partial charge in [0.15, 0.2) is 0 Å². The summed E-state index contributed by atoms with van der Waals surface area (Å²) >= 11 is 0. The number of aromatic nitrogens is 3. The van der Waals surface area contributed by atoms with Gasteiger partial charge in [0.1, 0.15) is 0 Å². The van der Waals surface area contributed by atoms with Gasteiger partial charge in [-0.1, -0.05) is 30.3 Å². The van der Waals surface area contributed by atoms with Gasteiger partial charge in [-0.05, 0) is 69.6 Å². The zero-order valence-electron chi connectivity index (χ0n) is 17.9. The number of aryl methyl sites for hydroxylation is 3. The first-order valence-electron chi connectivity index (χ1n) is 11.2. The molecule has 0 aliphatic heterocycles. The van der Waals surface area contributed by atoms with Crippen molar-refractivity contribution in [1.82, 2.24) is 19.7 Å². The Balaban J connectivity index is 1.37. The van der Waals surface area contributed by atoms with Crippen LogP contribution >= 0.6 is 0 Å². The second-order valence-corrected chi connectivity index (χ2v) is 8.87. The molecule has 2 aromatic heterocycles. The molecule has 0 saturated heterocycles. The zero-order chi connectivity index (χ0) is 20.7. The summed E-state index contributed by atoms with van der Waals surface area (Å²) in [5.41, 5.74) is 6.93. The molecule has 1 aromatic carbocycles. The van der Waals surface area contributed by atoms with E-state index in [9.17, 15) is 4.79 Å². The Morgan fingerprint density at radius 3 is 2.73 bits per heavy atom. The summed E-state index contributed by atoms with van der Waals surface area (Å²) in [6, 6.07) is 13.3. The molecular formula is C25H30N4O. The lowest BCUT2D eigenvalue weighted by Gasteiger charge is -2.34. The van der Waals surface area contributed by atoms with Gasteiger partial charge < -0.3 is 9.47 Å². The van der Waals surface area contributed by atoms with Gasteiger partial charge in [-0.3, -0.25) is 9.89 Å². The predicted molar refractivity (Wildman–Crippen MR) is 118 cm³/mol. The van der Waals surface area contributed by atoms with Crippen LogP contribution in [0.3, 0.4) is 0 Å². The van der Waals surface area contributed by atoms with E-state index in [0.29, 0.717) is 6.04 Å². The summed E-state index contributed by atoms with van der Waals surface area (Å²) in [6.07, 6.45) is 8.12. The number of aromatic amines is 1. The summed E-state index contributed by atoms with van der Waals surface area (Å²) < 4.78 is 2.31. The Morgan fingerprint density at radius 1 is 1.17 bits per heavy atom. The molecule has 1 unspecified atom stereocenters. The van der Waals surface area contributed by atoms with Crippen LogP contribution in [0.2, 0.25) is 0 Å². The highest BCUT2D eigenvalue weighted by Gasteiger charge is 2.40. The van der Waals surface area contributed by atoms with Crippen LogP contribution in [0.1, 0.15) is 57.8 Å². The van der Waals surface area contributed by atoms with Gasteiger partial charge in [0.2, 0.25) is 0 Å². The van der Waals surface area contributed by atoms with Crippen molar-refractivity contribution in [3.8, 4) is 0 Å². The number of rotatable bonds is 6. The van der Waals surface area contributed by atoms with Gasteiger partial charge in [-0.2, -0.15) is 5.10 Å². The molecule has 1 saturated carbocycles. The average molecular weight is 403 g/mol. The minimum absolute atomic E-state index is 0.216. The fraction of sp³-hybridized carbons (Fsp3) is 0.440. The van der Waals surface area contributed by atoms with Gasteiger partial charge in [0, 0.05) is 36.2 Å². The fourth-order valence-corrected chi connectivity index (χ4v) is 5.00. The van der Waals surface area contributed by atoms with Gasteiger partial charge in [0.05, 0.1) is 11.3 Å². The number of benzene rings is 1. The van der Waals surface area contributed by atoms with Gasteiger partial charge in [0.25, 0.3) is 5.91 Å². The highest BCUT2D eigenvalue weighted by atomic mass is 16.2. The van der Waals surface area contributed by atoms with Crippen LogP contribution in [0.15, 0.2) is 42.6 Å². The van der Waals surface area contributed by atoms with Crippen molar-refractivity contribution in [1.29, 1.82) is 0 Å². The minimum atomic E-state index is 0.216. The Kier molecular flexibility index (Phi) is 4.97. The first-order chi connectivity index (χ1) is 14.6. The Bertz CT molecular complexity index is 1040. The van der Waals surface area contributed by atoms with Crippen LogP contribution in [0, 0.1) is 13.8 Å². The molecule has 5 nitrogen and oxygen atoms in total. The molecule has 1 amide bonds. The Hall–Kier alpha value is -2.82. The van der Waals surface area contributed by atoms with E-state index in [2.05, 4.69) is 69.9 Å². The van der Waals surface area contributed by atoms with Crippen LogP contribution in [0.25, 0.3) is 0 Å². The average Bonchev–Trinajstić information content (AvgIpc) is 3.40. The first kappa shape index (κ1) is 19.2. The second kappa shape index (κ2) is 7.78. The number of H-pyrrole nitrogens is 1. The third-order valence-corrected chi connectivity index (χ3v) is 6.82. The molecule has 0 bridgehead atoms. The summed E-state index contributed by atoms with van der Waals surface area (Å²) in [5, 5.41) is 7.35. The number of nitrogens with zero attached hydrogens (tertiary/aromatic N) is 3. The number of nitrogens with one attached hydrogen (secondary N) is 1. The monoisotopic (exact) mass is 402 g/mol. The lowest BCUT2D eigenvalue weighted by Crippen LogP contribution is -2.45. The van der Waals surface area contributed by atoms with Crippen molar-refractivity contribution in [2.45, 2.75) is 71.0 Å². The van der Waals surface area contributed by atoms with E-state index in [1.165, 1.54) is 22.5 Å². The summed E-state index contributed by atoms with van der Waals surface area (Å²) in [7, 11) is 0. The quantitative estimate of drug-likeness (QED) is 0.671. The first-order valence-corrected chi connectivity index (χ1v) is 11.2. The second-order valence-electron chi connectivity index (χ2n) is 8.87. The van der Waals surface area contributed by atoms with Crippen molar-refractivity contribution in [2.24, 2.45) is 0 Å². The van der Waals surface area contributed by atoms with Crippen molar-refractivity contribution < 1.29 is 4.79 Å². The maximum Gasteiger partial charge on any atom is 0.256 e. The van der Waals surface area contributed by atoms with Crippen LogP contribution in [-0.4, -0.2) is 37.7 Å². The van der Waals surface area contributed by atoms with E-state index >= 15 is 0 Å². The highest BCUT2D eigenvalue weighted by molar-refractivity contribution is 5.96. The largest absolute Gasteiger partial charge is 0.348 e. The number of carbonyl (C=O) groups is 1. The van der Waals surface area contributed by atoms with Crippen LogP contribution < -0.4 is 0 Å². The molecular weight excluding hydrogens is 372 g/mol. The SMILES string of the molecule is Cc1cc(C(=O)N(C2CC2)C2CCc3n[nH]cc3C2)c(C)n1CCc1ccccc1. The normalized spacial score (nSPS) is 18.3. The lowest BCUT2D eigenvalue weighted by molar-refractivity contribution is 0.0642. The molecule has 156 valence electrons. The van der Waals surface area contributed by atoms with Crippen molar-refractivity contribution in [2.75, 3.05) is 0 Å². The maximum absolute atomic E-state index is 13.7. The van der Waals surface area contributed by atoms with Crippen molar-refractivity contribution in [3.05, 3.63) is 76.4 Å². The van der Waals surface area contributed by atoms with Crippen molar-refractivity contribution >= 4 is 5.91 Å². The molecule has 1 fully saturated rings. The standard InChI is InChI=1S/C25H30N4O/c1-17-14-23(18(2)28(17)13-12-19-6-4-3-5-7-19)25(30)29(21-8-9-21)22-10-11-24-20(15-22)16-26-27-24/h3-7,14,16,21-22H,8-13,15H2,1-2H3,(H,26,27). The summed E-state index contributed by atoms with van der Waals surface area (Å²) in [5.74, 6) is 0.216. The zero-order valence-corrected chi connectivity index (χ0v) is 17.9. The molecule has 2 aliphatic rings. The minimum Gasteiger partial charge on any atom is -0.348 e. The highest BCUT2D eigenvalue weighted by Crippen LogP contribution is 2.35. The molecule has 0 radical (unpaired) electrons. The Labute approximate surface area is 178 Å². The van der Waals surface area contributed by atoms with E-state index in [-0.39, 0.29) is 11.9 Å². The number of carbonyl (C=O) groups excluding carboxylic acids is 1. The van der Waals surface area contributed by atoms with Crippen LogP contribution in [0.5, 0.6) is 0 Å². The molecule has 3 aromatic rings. The summed E-state index contributed by atoms with van der Waals surface area (Å²) in [4.78, 5) is 15.9. The number of hydrogen-bond donors (Lipinski definition) is 1. The van der Waals surface area contributed by atoms with Crippen molar-refractivity contribution in [3.63, 3.8) is 0 Å². The fourth-order valence-electron chi connectivity index (χ4n) is 5.00. The molecule has 2 heterocycles. The summed E-state index contributed by atoms with van der Waals surface area (Å²) in [6.45, 7) is 5.13. The van der Waals surface area contributed by atoms with E-state index in [4.69, 9.17) is 0 Å². The smallest absolute Gasteiger partial charge is 0.256 e. The third kappa shape index (κ3) is 3.57. The number of fused-ring (bicyclic) bond motifs is 1. The van der Waals surface area contributed by atoms with Gasteiger partial charge in [-0.15, -0.1) is 0 Å². The molecule has 2 aliphatic carbocycles. The number of hydrogen-bond acceptors (Lipinski definition) is 2. The molecule has 1 atom stereocenters.